The Hall–Kier alpha value is 5.22. The summed E-state index contributed by atoms with van der Waals surface area (Å²) in [6, 6.07) is 0. The fourth-order valence-electron chi connectivity index (χ4n) is 0. The van der Waals surface area contributed by atoms with Crippen LogP contribution in [0.4, 0.5) is 0 Å². The van der Waals surface area contributed by atoms with Gasteiger partial charge in [0.05, 0.1) is 0 Å². The van der Waals surface area contributed by atoms with Gasteiger partial charge in [-0.1, -0.05) is 0 Å². The van der Waals surface area contributed by atoms with Gasteiger partial charge in [-0.25, -0.2) is 4.57 Å². The first-order valence-corrected chi connectivity index (χ1v) is 8.96. The molecule has 52 valence electrons. The van der Waals surface area contributed by atoms with Gasteiger partial charge in [-0.15, -0.1) is 0 Å². The normalized spacial score (nSPS) is 6.90. The van der Waals surface area contributed by atoms with Crippen LogP contribution in [0.2, 0.25) is 0 Å². The van der Waals surface area contributed by atoms with Crippen LogP contribution in [0.15, 0.2) is 0 Å². The van der Waals surface area contributed by atoms with Gasteiger partial charge in [0, 0.05) is 0 Å². The predicted molar refractivity (Wildman–Crippen MR) is 46.0 cm³/mol. The first-order chi connectivity index (χ1) is 3.41. The molecule has 0 rings (SSSR count). The molecule has 0 atom stereocenters. The van der Waals surface area contributed by atoms with Gasteiger partial charge in [0.2, 0.25) is 0 Å². The van der Waals surface area contributed by atoms with Gasteiger partial charge in [-0.05, 0) is 0 Å². The van der Waals surface area contributed by atoms with E-state index in [-0.39, 0.29) is 103 Å². The van der Waals surface area contributed by atoms with E-state index >= 15 is 0 Å². The fourth-order valence-corrected chi connectivity index (χ4v) is 0. The van der Waals surface area contributed by atoms with Crippen LogP contribution in [-0.4, -0.2) is 148 Å². The van der Waals surface area contributed by atoms with E-state index in [0.29, 0.717) is 0 Å². The maximum absolute atomic E-state index is 8.88. The van der Waals surface area contributed by atoms with E-state index in [9.17, 15) is 0 Å². The van der Waals surface area contributed by atoms with Crippen molar-refractivity contribution in [3.8, 4) is 0 Å². The summed E-state index contributed by atoms with van der Waals surface area (Å²) >= 11 is -0.931. The van der Waals surface area contributed by atoms with Crippen LogP contribution >= 0.6 is 20.6 Å². The molecule has 0 radical (unpaired) electrons. The van der Waals surface area contributed by atoms with Crippen molar-refractivity contribution >= 4 is 154 Å². The zero-order valence-electron chi connectivity index (χ0n) is 3.66. The summed E-state index contributed by atoms with van der Waals surface area (Å²) in [6.45, 7) is 0. The molecule has 0 aromatic heterocycles. The average Bonchev–Trinajstić information content (AvgIpc) is 1.27. The molecule has 0 aromatic rings. The van der Waals surface area contributed by atoms with Crippen molar-refractivity contribution in [1.82, 2.24) is 0 Å². The molecule has 0 heterocycles. The van der Waals surface area contributed by atoms with Gasteiger partial charge in [-0.2, -0.15) is 0 Å². The van der Waals surface area contributed by atoms with E-state index in [0.717, 1.165) is 0 Å². The van der Waals surface area contributed by atoms with Gasteiger partial charge in [0.15, 0.2) is 0 Å². The van der Waals surface area contributed by atoms with Crippen molar-refractivity contribution < 1.29 is 19.2 Å². The zero-order valence-corrected chi connectivity index (χ0v) is 8.27. The molecular weight excluding hydrogens is 284 g/mol. The fraction of sp³-hybridized carbons (Fsp3) is 0. The molecule has 10 heteroatoms. The number of hydrogen-bond acceptors (Lipinski definition) is 1. The molecule has 0 aliphatic carbocycles. The standard InChI is InChI=1S/Ca.2ClH.2K.H3O4P.2H/c;;;;;1-5(2,3)4;;/h;2*1H;;;(H3,1,2,3,4);;/q+2;;;;;;;/p-2. The van der Waals surface area contributed by atoms with Crippen LogP contribution in [0.3, 0.4) is 0 Å². The monoisotopic (exact) mass is 288 g/mol. The Morgan fingerprint density at radius 1 is 1.10 bits per heavy atom. The number of hydrogen-bond donors (Lipinski definition) is 3. The summed E-state index contributed by atoms with van der Waals surface area (Å²) in [6.07, 6.45) is 9.90. The summed E-state index contributed by atoms with van der Waals surface area (Å²) in [4.78, 5) is 21.6. The Morgan fingerprint density at radius 3 is 1.10 bits per heavy atom. The molecule has 0 aromatic carbocycles. The van der Waals surface area contributed by atoms with Crippen LogP contribution in [0.1, 0.15) is 0 Å². The van der Waals surface area contributed by atoms with Gasteiger partial charge in [-0.3, -0.25) is 0 Å². The van der Waals surface area contributed by atoms with E-state index in [1.165, 1.54) is 0 Å². The van der Waals surface area contributed by atoms with E-state index in [1.54, 1.807) is 0 Å². The van der Waals surface area contributed by atoms with Crippen molar-refractivity contribution in [2.45, 2.75) is 0 Å². The van der Waals surface area contributed by atoms with E-state index < -0.39 is 38.7 Å². The summed E-state index contributed by atoms with van der Waals surface area (Å²) in [5.74, 6) is 0. The molecule has 0 saturated carbocycles. The Bertz CT molecular complexity index is 77.1. The number of halogens is 2. The SMILES string of the molecule is O=P(O)(O)O.[Cl][Ca][Cl].[KH].[KH]. The molecule has 0 aliphatic heterocycles. The molecule has 0 saturated heterocycles. The van der Waals surface area contributed by atoms with Crippen molar-refractivity contribution in [2.24, 2.45) is 0 Å². The van der Waals surface area contributed by atoms with Gasteiger partial charge in [0.1, 0.15) is 0 Å². The topological polar surface area (TPSA) is 77.8 Å². The third-order valence-electron chi connectivity index (χ3n) is 0. The van der Waals surface area contributed by atoms with Gasteiger partial charge < -0.3 is 14.7 Å². The molecule has 0 aliphatic rings. The van der Waals surface area contributed by atoms with E-state index in [2.05, 4.69) is 0 Å². The minimum absolute atomic E-state index is 0. The number of phosphoric acid groups is 1. The third kappa shape index (κ3) is 72.4. The van der Waals surface area contributed by atoms with Crippen molar-refractivity contribution in [2.75, 3.05) is 0 Å². The van der Waals surface area contributed by atoms with Crippen molar-refractivity contribution in [1.29, 1.82) is 0 Å². The molecular formula is H5CaCl2K2O4P. The van der Waals surface area contributed by atoms with Crippen LogP contribution in [-0.2, 0) is 4.57 Å². The quantitative estimate of drug-likeness (QED) is 0.385. The van der Waals surface area contributed by atoms with Gasteiger partial charge >= 0.3 is 154 Å². The Morgan fingerprint density at radius 2 is 1.10 bits per heavy atom. The van der Waals surface area contributed by atoms with Crippen LogP contribution in [0.25, 0.3) is 0 Å². The molecule has 0 bridgehead atoms. The molecule has 0 unspecified atom stereocenters. The van der Waals surface area contributed by atoms with Gasteiger partial charge in [0.25, 0.3) is 0 Å². The molecule has 0 amide bonds. The second-order valence-corrected chi connectivity index (χ2v) is 5.29. The minimum atomic E-state index is -4.64. The van der Waals surface area contributed by atoms with E-state index in [1.807, 2.05) is 0 Å². The second-order valence-electron chi connectivity index (χ2n) is 0.614. The van der Waals surface area contributed by atoms with Crippen molar-refractivity contribution in [3.05, 3.63) is 0 Å². The summed E-state index contributed by atoms with van der Waals surface area (Å²) < 4.78 is 8.88. The Balaban J connectivity index is -0.0000000326. The van der Waals surface area contributed by atoms with Crippen LogP contribution in [0.5, 0.6) is 0 Å². The molecule has 4 nitrogen and oxygen atoms in total. The molecule has 3 N–H and O–H groups in total. The molecule has 10 heavy (non-hydrogen) atoms. The maximum atomic E-state index is 8.88. The third-order valence-corrected chi connectivity index (χ3v) is 0. The Labute approximate surface area is 168 Å². The zero-order chi connectivity index (χ0) is 7.21. The molecule has 0 fully saturated rings. The Kier molecular flexibility index (Phi) is 40.7. The average molecular weight is 289 g/mol. The van der Waals surface area contributed by atoms with E-state index in [4.69, 9.17) is 32.0 Å². The summed E-state index contributed by atoms with van der Waals surface area (Å²) in [5.41, 5.74) is 0. The summed E-state index contributed by atoms with van der Waals surface area (Å²) in [7, 11) is -4.64. The summed E-state index contributed by atoms with van der Waals surface area (Å²) in [5, 5.41) is 0. The first-order valence-electron chi connectivity index (χ1n) is 1.32. The van der Waals surface area contributed by atoms with Crippen molar-refractivity contribution in [3.63, 3.8) is 0 Å². The number of rotatable bonds is 0. The predicted octanol–water partition coefficient (Wildman–Crippen LogP) is -1.23. The van der Waals surface area contributed by atoms with Crippen LogP contribution in [0, 0.1) is 0 Å². The molecule has 0 spiro atoms. The van der Waals surface area contributed by atoms with Crippen LogP contribution < -0.4 is 0 Å². The first kappa shape index (κ1) is 24.4. The second kappa shape index (κ2) is 16.6.